The lowest BCUT2D eigenvalue weighted by atomic mass is 10.1. The first-order valence-corrected chi connectivity index (χ1v) is 16.1. The maximum Gasteiger partial charge on any atom is 0.459 e. The number of aromatic amines is 1. The molecule has 1 fully saturated rings. The number of azide groups is 1. The first-order valence-electron chi connectivity index (χ1n) is 14.5. The van der Waals surface area contributed by atoms with Crippen molar-refractivity contribution in [1.82, 2.24) is 24.6 Å². The number of hydrogen-bond donors (Lipinski definition) is 4. The van der Waals surface area contributed by atoms with Crippen LogP contribution in [0.1, 0.15) is 18.7 Å². The molecule has 2 unspecified atom stereocenters. The standard InChI is InChI=1S/C30H29N8O9P/c1-18(29(42)44-14-19-8-3-2-4-9-19)35-48(43,47-22-13-7-11-20-10-5-6-12-21(20)22)45-15-30(36-37-31)25(40)24(39)28(46-30)38-17-34-23-26(38)32-16-33-27(23)41/h2-13,16-18,24-25,28,39-40H,14-15H2,1H3,(H,35,43)(H,32,33,41)/t18?,24-,25+,28-,30-,48?/m1/s1. The van der Waals surface area contributed by atoms with E-state index in [2.05, 4.69) is 30.1 Å². The molecule has 0 spiro atoms. The molecule has 0 saturated carbocycles. The normalized spacial score (nSPS) is 22.5. The molecular weight excluding hydrogens is 647 g/mol. The topological polar surface area (TPSA) is 236 Å². The van der Waals surface area contributed by atoms with Crippen molar-refractivity contribution < 1.29 is 38.1 Å². The van der Waals surface area contributed by atoms with Crippen molar-refractivity contribution in [2.75, 3.05) is 6.61 Å². The van der Waals surface area contributed by atoms with Crippen LogP contribution in [0.25, 0.3) is 32.4 Å². The number of nitrogens with zero attached hydrogens (tertiary/aromatic N) is 6. The van der Waals surface area contributed by atoms with E-state index in [1.54, 1.807) is 48.5 Å². The highest BCUT2D eigenvalue weighted by molar-refractivity contribution is 7.52. The van der Waals surface area contributed by atoms with Gasteiger partial charge in [0.25, 0.3) is 5.56 Å². The fourth-order valence-electron chi connectivity index (χ4n) is 5.16. The average Bonchev–Trinajstić information content (AvgIpc) is 3.63. The number of imidazole rings is 1. The van der Waals surface area contributed by atoms with Gasteiger partial charge in [0.05, 0.1) is 19.3 Å². The molecule has 3 aromatic carbocycles. The predicted octanol–water partition coefficient (Wildman–Crippen LogP) is 3.46. The first-order chi connectivity index (χ1) is 23.1. The SMILES string of the molecule is CC(NP(=O)(OC[C@@]1(N=[N+]=[N-])O[C@@H](n2cnc3c(=O)[nH]cnc32)[C@H](O)[C@@H]1O)Oc1cccc2ccccc12)C(=O)OCc1ccccc1. The molecule has 1 aliphatic heterocycles. The fourth-order valence-corrected chi connectivity index (χ4v) is 6.70. The van der Waals surface area contributed by atoms with Gasteiger partial charge in [-0.1, -0.05) is 71.8 Å². The fraction of sp³-hybridized carbons (Fsp3) is 0.267. The maximum atomic E-state index is 14.5. The number of esters is 1. The van der Waals surface area contributed by atoms with E-state index in [1.165, 1.54) is 11.5 Å². The van der Waals surface area contributed by atoms with Gasteiger partial charge in [-0.2, -0.15) is 5.09 Å². The predicted molar refractivity (Wildman–Crippen MR) is 169 cm³/mol. The number of carbonyl (C=O) groups excluding carboxylic acids is 1. The van der Waals surface area contributed by atoms with Gasteiger partial charge in [0.2, 0.25) is 5.72 Å². The number of aromatic nitrogens is 4. The van der Waals surface area contributed by atoms with Gasteiger partial charge < -0.3 is 29.2 Å². The molecule has 3 heterocycles. The lowest BCUT2D eigenvalue weighted by molar-refractivity contribution is -0.146. The maximum absolute atomic E-state index is 14.5. The van der Waals surface area contributed by atoms with Crippen LogP contribution in [0, 0.1) is 0 Å². The lowest BCUT2D eigenvalue weighted by Gasteiger charge is -2.29. The first kappa shape index (κ1) is 32.8. The molecule has 48 heavy (non-hydrogen) atoms. The van der Waals surface area contributed by atoms with Gasteiger partial charge in [-0.25, -0.2) is 14.5 Å². The summed E-state index contributed by atoms with van der Waals surface area (Å²) < 4.78 is 38.6. The molecule has 0 aliphatic carbocycles. The minimum atomic E-state index is -4.63. The average molecular weight is 677 g/mol. The summed E-state index contributed by atoms with van der Waals surface area (Å²) >= 11 is 0. The number of aliphatic hydroxyl groups is 2. The second-order valence-electron chi connectivity index (χ2n) is 10.8. The van der Waals surface area contributed by atoms with Crippen molar-refractivity contribution in [3.8, 4) is 5.75 Å². The van der Waals surface area contributed by atoms with E-state index in [1.807, 2.05) is 24.3 Å². The zero-order chi connectivity index (χ0) is 33.9. The van der Waals surface area contributed by atoms with E-state index in [0.717, 1.165) is 23.6 Å². The van der Waals surface area contributed by atoms with Crippen LogP contribution in [0.4, 0.5) is 0 Å². The number of fused-ring (bicyclic) bond motifs is 2. The van der Waals surface area contributed by atoms with Gasteiger partial charge in [0.15, 0.2) is 17.4 Å². The van der Waals surface area contributed by atoms with Crippen LogP contribution in [0.5, 0.6) is 5.75 Å². The minimum absolute atomic E-state index is 0.00197. The number of benzene rings is 3. The van der Waals surface area contributed by atoms with Gasteiger partial charge in [0, 0.05) is 10.3 Å². The number of H-pyrrole nitrogens is 1. The minimum Gasteiger partial charge on any atom is -0.460 e. The van der Waals surface area contributed by atoms with Crippen LogP contribution in [0.3, 0.4) is 0 Å². The second kappa shape index (κ2) is 13.5. The van der Waals surface area contributed by atoms with Crippen molar-refractivity contribution in [3.05, 3.63) is 112 Å². The zero-order valence-corrected chi connectivity index (χ0v) is 26.1. The lowest BCUT2D eigenvalue weighted by Crippen LogP contribution is -2.45. The Balaban J connectivity index is 1.29. The summed E-state index contributed by atoms with van der Waals surface area (Å²) in [5.74, 6) is -0.658. The molecule has 0 amide bonds. The Bertz CT molecular complexity index is 2100. The van der Waals surface area contributed by atoms with Crippen molar-refractivity contribution in [2.24, 2.45) is 5.11 Å². The number of hydrogen-bond acceptors (Lipinski definition) is 12. The molecule has 6 atom stereocenters. The summed E-state index contributed by atoms with van der Waals surface area (Å²) in [5, 5.41) is 29.6. The Morgan fingerprint density at radius 1 is 1.17 bits per heavy atom. The summed E-state index contributed by atoms with van der Waals surface area (Å²) in [5.41, 5.74) is 7.16. The van der Waals surface area contributed by atoms with Gasteiger partial charge in [0.1, 0.15) is 30.6 Å². The van der Waals surface area contributed by atoms with Gasteiger partial charge in [-0.3, -0.25) is 18.7 Å². The molecule has 5 aromatic rings. The highest BCUT2D eigenvalue weighted by atomic mass is 31.2. The summed E-state index contributed by atoms with van der Waals surface area (Å²) in [4.78, 5) is 38.3. The molecule has 18 heteroatoms. The number of ether oxygens (including phenoxy) is 2. The third kappa shape index (κ3) is 6.52. The van der Waals surface area contributed by atoms with Crippen LogP contribution >= 0.6 is 7.75 Å². The largest absolute Gasteiger partial charge is 0.460 e. The Morgan fingerprint density at radius 3 is 2.71 bits per heavy atom. The highest BCUT2D eigenvalue weighted by Gasteiger charge is 2.56. The van der Waals surface area contributed by atoms with E-state index in [-0.39, 0.29) is 23.5 Å². The monoisotopic (exact) mass is 676 g/mol. The van der Waals surface area contributed by atoms with E-state index >= 15 is 0 Å². The van der Waals surface area contributed by atoms with E-state index in [9.17, 15) is 29.9 Å². The summed E-state index contributed by atoms with van der Waals surface area (Å²) in [6.45, 7) is 0.399. The molecule has 4 N–H and O–H groups in total. The molecule has 0 radical (unpaired) electrons. The molecule has 2 aromatic heterocycles. The Morgan fingerprint density at radius 2 is 1.92 bits per heavy atom. The number of rotatable bonds is 12. The van der Waals surface area contributed by atoms with Gasteiger partial charge in [-0.15, -0.1) is 0 Å². The molecule has 1 aliphatic rings. The molecular formula is C30H29N8O9P. The number of carbonyl (C=O) groups is 1. The molecule has 0 bridgehead atoms. The van der Waals surface area contributed by atoms with E-state index in [0.29, 0.717) is 5.39 Å². The number of nitrogens with one attached hydrogen (secondary N) is 2. The second-order valence-corrected chi connectivity index (χ2v) is 12.5. The summed E-state index contributed by atoms with van der Waals surface area (Å²) in [6, 6.07) is 19.8. The zero-order valence-electron chi connectivity index (χ0n) is 25.2. The van der Waals surface area contributed by atoms with Crippen LogP contribution < -0.4 is 15.2 Å². The van der Waals surface area contributed by atoms with Crippen LogP contribution in [-0.2, 0) is 30.0 Å². The quantitative estimate of drug-likeness (QED) is 0.0489. The third-order valence-electron chi connectivity index (χ3n) is 7.59. The van der Waals surface area contributed by atoms with E-state index < -0.39 is 56.1 Å². The van der Waals surface area contributed by atoms with Crippen molar-refractivity contribution in [2.45, 2.75) is 43.7 Å². The molecule has 17 nitrogen and oxygen atoms in total. The molecule has 1 saturated heterocycles. The highest BCUT2D eigenvalue weighted by Crippen LogP contribution is 2.49. The van der Waals surface area contributed by atoms with Crippen LogP contribution in [0.2, 0.25) is 0 Å². The van der Waals surface area contributed by atoms with Crippen LogP contribution in [0.15, 0.2) is 95.4 Å². The van der Waals surface area contributed by atoms with E-state index in [4.69, 9.17) is 18.5 Å². The third-order valence-corrected chi connectivity index (χ3v) is 9.20. The molecule has 248 valence electrons. The van der Waals surface area contributed by atoms with Crippen LogP contribution in [-0.4, -0.2) is 66.3 Å². The summed E-state index contributed by atoms with van der Waals surface area (Å²) in [6.07, 6.45) is -2.93. The van der Waals surface area contributed by atoms with Gasteiger partial charge in [-0.05, 0) is 29.5 Å². The van der Waals surface area contributed by atoms with Crippen molar-refractivity contribution >= 4 is 35.7 Å². The summed E-state index contributed by atoms with van der Waals surface area (Å²) in [7, 11) is -4.63. The van der Waals surface area contributed by atoms with Gasteiger partial charge >= 0.3 is 13.7 Å². The Kier molecular flexibility index (Phi) is 9.26. The Labute approximate surface area is 271 Å². The smallest absolute Gasteiger partial charge is 0.459 e. The van der Waals surface area contributed by atoms with Crippen molar-refractivity contribution in [1.29, 1.82) is 0 Å². The molecule has 6 rings (SSSR count). The van der Waals surface area contributed by atoms with Crippen molar-refractivity contribution in [3.63, 3.8) is 0 Å². The Hall–Kier alpha value is -5.12. The number of aliphatic hydroxyl groups excluding tert-OH is 2.